The molecule has 0 saturated carbocycles. The van der Waals surface area contributed by atoms with E-state index in [4.69, 9.17) is 0 Å². The van der Waals surface area contributed by atoms with Gasteiger partial charge in [0, 0.05) is 21.8 Å². The molecule has 18 heavy (non-hydrogen) atoms. The minimum atomic E-state index is -0.201. The van der Waals surface area contributed by atoms with Crippen LogP contribution < -0.4 is 0 Å². The van der Waals surface area contributed by atoms with Crippen molar-refractivity contribution in [1.29, 1.82) is 0 Å². The lowest BCUT2D eigenvalue weighted by Crippen LogP contribution is -2.01. The van der Waals surface area contributed by atoms with E-state index in [1.54, 1.807) is 11.3 Å². The van der Waals surface area contributed by atoms with Gasteiger partial charge in [-0.25, -0.2) is 4.98 Å². The number of esters is 1. The molecular formula is C13H12BrNO2S. The number of carbonyl (C=O) groups is 1. The Morgan fingerprint density at radius 3 is 2.94 bits per heavy atom. The Bertz CT molecular complexity index is 553. The van der Waals surface area contributed by atoms with Crippen LogP contribution in [-0.2, 0) is 16.0 Å². The topological polar surface area (TPSA) is 39.2 Å². The Morgan fingerprint density at radius 2 is 2.22 bits per heavy atom. The molecule has 0 spiro atoms. The summed E-state index contributed by atoms with van der Waals surface area (Å²) in [4.78, 5) is 15.6. The second-order valence-electron chi connectivity index (χ2n) is 3.68. The first kappa shape index (κ1) is 13.2. The van der Waals surface area contributed by atoms with E-state index in [0.717, 1.165) is 20.7 Å². The highest BCUT2D eigenvalue weighted by Crippen LogP contribution is 2.29. The van der Waals surface area contributed by atoms with E-state index in [9.17, 15) is 4.79 Å². The molecule has 0 atom stereocenters. The van der Waals surface area contributed by atoms with Crippen LogP contribution in [0.15, 0.2) is 34.1 Å². The van der Waals surface area contributed by atoms with Crippen molar-refractivity contribution >= 4 is 33.2 Å². The summed E-state index contributed by atoms with van der Waals surface area (Å²) in [6, 6.07) is 7.96. The summed E-state index contributed by atoms with van der Waals surface area (Å²) in [5.41, 5.74) is 2.01. The second-order valence-corrected chi connectivity index (χ2v) is 5.48. The number of methoxy groups -OCH3 is 1. The smallest absolute Gasteiger partial charge is 0.305 e. The van der Waals surface area contributed by atoms with Crippen molar-refractivity contribution in [3.8, 4) is 11.3 Å². The Balaban J connectivity index is 2.11. The molecule has 0 aliphatic rings. The van der Waals surface area contributed by atoms with Crippen LogP contribution in [0.5, 0.6) is 0 Å². The highest BCUT2D eigenvalue weighted by atomic mass is 79.9. The maximum absolute atomic E-state index is 11.1. The van der Waals surface area contributed by atoms with Crippen LogP contribution in [-0.4, -0.2) is 18.1 Å². The third kappa shape index (κ3) is 3.17. The van der Waals surface area contributed by atoms with Crippen molar-refractivity contribution in [1.82, 2.24) is 4.98 Å². The average Bonchev–Trinajstić information content (AvgIpc) is 2.85. The number of benzene rings is 1. The molecule has 0 aliphatic carbocycles. The zero-order valence-electron chi connectivity index (χ0n) is 9.85. The molecule has 0 amide bonds. The van der Waals surface area contributed by atoms with Gasteiger partial charge in [0.15, 0.2) is 0 Å². The highest BCUT2D eigenvalue weighted by molar-refractivity contribution is 9.10. The fraction of sp³-hybridized carbons (Fsp3) is 0.231. The first-order valence-corrected chi connectivity index (χ1v) is 7.14. The minimum Gasteiger partial charge on any atom is -0.469 e. The molecule has 0 saturated heterocycles. The van der Waals surface area contributed by atoms with Gasteiger partial charge in [-0.3, -0.25) is 4.79 Å². The van der Waals surface area contributed by atoms with Gasteiger partial charge in [0.1, 0.15) is 0 Å². The van der Waals surface area contributed by atoms with Crippen LogP contribution in [0.1, 0.15) is 11.4 Å². The van der Waals surface area contributed by atoms with Gasteiger partial charge in [-0.1, -0.05) is 34.1 Å². The Labute approximate surface area is 118 Å². The molecule has 0 N–H and O–H groups in total. The van der Waals surface area contributed by atoms with Crippen LogP contribution in [0.2, 0.25) is 0 Å². The lowest BCUT2D eigenvalue weighted by molar-refractivity contribution is -0.140. The van der Waals surface area contributed by atoms with Gasteiger partial charge in [0.2, 0.25) is 0 Å². The Morgan fingerprint density at radius 1 is 1.44 bits per heavy atom. The molecule has 0 aliphatic heterocycles. The first-order chi connectivity index (χ1) is 8.70. The van der Waals surface area contributed by atoms with Crippen molar-refractivity contribution in [2.75, 3.05) is 7.11 Å². The van der Waals surface area contributed by atoms with E-state index in [0.29, 0.717) is 12.8 Å². The molecule has 1 heterocycles. The lowest BCUT2D eigenvalue weighted by Gasteiger charge is -1.99. The van der Waals surface area contributed by atoms with Crippen molar-refractivity contribution < 1.29 is 9.53 Å². The van der Waals surface area contributed by atoms with Crippen LogP contribution in [0, 0.1) is 0 Å². The summed E-state index contributed by atoms with van der Waals surface area (Å²) in [6.45, 7) is 0. The quantitative estimate of drug-likeness (QED) is 0.805. The van der Waals surface area contributed by atoms with Crippen LogP contribution in [0.25, 0.3) is 11.3 Å². The molecule has 3 nitrogen and oxygen atoms in total. The third-order valence-electron chi connectivity index (χ3n) is 2.47. The number of hydrogen-bond donors (Lipinski definition) is 0. The molecule has 0 bridgehead atoms. The number of thiazole rings is 1. The normalized spacial score (nSPS) is 10.3. The van der Waals surface area contributed by atoms with Gasteiger partial charge in [0.05, 0.1) is 24.2 Å². The molecule has 0 unspecified atom stereocenters. The molecule has 94 valence electrons. The number of carbonyl (C=O) groups excluding carboxylic acids is 1. The monoisotopic (exact) mass is 325 g/mol. The molecule has 5 heteroatoms. The molecule has 2 aromatic rings. The zero-order chi connectivity index (χ0) is 13.0. The predicted octanol–water partition coefficient (Wildman–Crippen LogP) is 3.68. The summed E-state index contributed by atoms with van der Waals surface area (Å²) in [5, 5.41) is 2.96. The number of hydrogen-bond acceptors (Lipinski definition) is 4. The molecule has 0 fully saturated rings. The number of nitrogens with zero attached hydrogens (tertiary/aromatic N) is 1. The second kappa shape index (κ2) is 6.11. The van der Waals surface area contributed by atoms with Crippen molar-refractivity contribution in [2.24, 2.45) is 0 Å². The van der Waals surface area contributed by atoms with Gasteiger partial charge in [-0.05, 0) is 6.07 Å². The average molecular weight is 326 g/mol. The molecule has 2 rings (SSSR count). The molecule has 1 aromatic heterocycles. The fourth-order valence-corrected chi connectivity index (χ4v) is 2.82. The number of aromatic nitrogens is 1. The standard InChI is InChI=1S/C13H12BrNO2S/c1-17-13(16)7-6-12-15-11(8-18-12)9-4-2-3-5-10(9)14/h2-5,8H,6-7H2,1H3. The highest BCUT2D eigenvalue weighted by Gasteiger charge is 2.09. The third-order valence-corrected chi connectivity index (χ3v) is 4.07. The number of halogens is 1. The van der Waals surface area contributed by atoms with Crippen LogP contribution in [0.4, 0.5) is 0 Å². The first-order valence-electron chi connectivity index (χ1n) is 5.47. The van der Waals surface area contributed by atoms with E-state index in [1.807, 2.05) is 29.6 Å². The van der Waals surface area contributed by atoms with Gasteiger partial charge < -0.3 is 4.74 Å². The maximum atomic E-state index is 11.1. The predicted molar refractivity (Wildman–Crippen MR) is 75.6 cm³/mol. The zero-order valence-corrected chi connectivity index (χ0v) is 12.3. The van der Waals surface area contributed by atoms with Gasteiger partial charge in [-0.15, -0.1) is 11.3 Å². The largest absolute Gasteiger partial charge is 0.469 e. The van der Waals surface area contributed by atoms with Gasteiger partial charge in [0.25, 0.3) is 0 Å². The number of rotatable bonds is 4. The lowest BCUT2D eigenvalue weighted by atomic mass is 10.2. The fourth-order valence-electron chi connectivity index (χ4n) is 1.53. The van der Waals surface area contributed by atoms with Crippen molar-refractivity contribution in [3.63, 3.8) is 0 Å². The van der Waals surface area contributed by atoms with Gasteiger partial charge >= 0.3 is 5.97 Å². The van der Waals surface area contributed by atoms with Crippen LogP contribution >= 0.6 is 27.3 Å². The SMILES string of the molecule is COC(=O)CCc1nc(-c2ccccc2Br)cs1. The number of ether oxygens (including phenoxy) is 1. The summed E-state index contributed by atoms with van der Waals surface area (Å²) >= 11 is 5.07. The van der Waals surface area contributed by atoms with Crippen molar-refractivity contribution in [2.45, 2.75) is 12.8 Å². The molecule has 1 aromatic carbocycles. The Hall–Kier alpha value is -1.20. The summed E-state index contributed by atoms with van der Waals surface area (Å²) in [5.74, 6) is -0.201. The maximum Gasteiger partial charge on any atom is 0.305 e. The van der Waals surface area contributed by atoms with Crippen LogP contribution in [0.3, 0.4) is 0 Å². The van der Waals surface area contributed by atoms with Crippen molar-refractivity contribution in [3.05, 3.63) is 39.1 Å². The van der Waals surface area contributed by atoms with Gasteiger partial charge in [-0.2, -0.15) is 0 Å². The Kier molecular flexibility index (Phi) is 4.49. The van der Waals surface area contributed by atoms with E-state index < -0.39 is 0 Å². The summed E-state index contributed by atoms with van der Waals surface area (Å²) in [6.07, 6.45) is 1.00. The van der Waals surface area contributed by atoms with E-state index >= 15 is 0 Å². The molecule has 0 radical (unpaired) electrons. The summed E-state index contributed by atoms with van der Waals surface area (Å²) in [7, 11) is 1.40. The summed E-state index contributed by atoms with van der Waals surface area (Å²) < 4.78 is 5.64. The van der Waals surface area contributed by atoms with E-state index in [-0.39, 0.29) is 5.97 Å². The molecular weight excluding hydrogens is 314 g/mol. The van der Waals surface area contributed by atoms with E-state index in [2.05, 4.69) is 25.7 Å². The minimum absolute atomic E-state index is 0.201. The van der Waals surface area contributed by atoms with E-state index in [1.165, 1.54) is 7.11 Å². The number of aryl methyl sites for hydroxylation is 1.